The van der Waals surface area contributed by atoms with Crippen LogP contribution in [0.2, 0.25) is 28.2 Å². The van der Waals surface area contributed by atoms with Crippen molar-refractivity contribution in [3.05, 3.63) is 117 Å². The molecule has 4 aromatic rings. The number of sulfonamides is 2. The number of phenolic OH excluding ortho intramolecular Hbond substituents is 1. The van der Waals surface area contributed by atoms with Crippen LogP contribution in [0.15, 0.2) is 88.7 Å². The average molecular weight is 826 g/mol. The molecule has 4 rings (SSSR count). The van der Waals surface area contributed by atoms with Crippen LogP contribution in [0.5, 0.6) is 11.5 Å². The molecule has 0 bridgehead atoms. The monoisotopic (exact) mass is 824 g/mol. The SMILES string of the molecule is C.CC(C)(C)[Si](C)(C)Oc1cccc(F)c1.NS(=O)(=O)c1cc(C(=O)Cl)ccc1Cl.NS(=O)(=O)c1cc(C(=O)c2ccc(O)cc2F)ccc1Cl. The highest BCUT2D eigenvalue weighted by Gasteiger charge is 2.39. The molecular formula is C33H37Cl3F2N2O8S2Si. The lowest BCUT2D eigenvalue weighted by molar-refractivity contribution is 0.103. The third-order valence-corrected chi connectivity index (χ3v) is 14.5. The molecule has 0 saturated carbocycles. The number of phenols is 1. The number of hydrogen-bond acceptors (Lipinski definition) is 8. The van der Waals surface area contributed by atoms with Crippen molar-refractivity contribution in [3.63, 3.8) is 0 Å². The highest BCUT2D eigenvalue weighted by Crippen LogP contribution is 2.37. The number of benzene rings is 4. The molecule has 0 saturated heterocycles. The molecule has 0 radical (unpaired) electrons. The first kappa shape index (κ1) is 45.6. The van der Waals surface area contributed by atoms with E-state index in [1.165, 1.54) is 36.4 Å². The van der Waals surface area contributed by atoms with Crippen LogP contribution in [-0.2, 0) is 20.0 Å². The Hall–Kier alpha value is -3.41. The van der Waals surface area contributed by atoms with E-state index in [4.69, 9.17) is 54.6 Å². The Kier molecular flexibility index (Phi) is 16.0. The Morgan fingerprint density at radius 1 is 0.784 bits per heavy atom. The largest absolute Gasteiger partial charge is 0.543 e. The normalized spacial score (nSPS) is 11.5. The number of primary sulfonamides is 2. The van der Waals surface area contributed by atoms with E-state index in [-0.39, 0.29) is 55.7 Å². The van der Waals surface area contributed by atoms with Gasteiger partial charge in [0.05, 0.1) is 15.6 Å². The van der Waals surface area contributed by atoms with E-state index in [1.807, 2.05) is 6.07 Å². The van der Waals surface area contributed by atoms with E-state index < -0.39 is 50.1 Å². The molecule has 0 aliphatic carbocycles. The summed E-state index contributed by atoms with van der Waals surface area (Å²) in [4.78, 5) is 22.2. The van der Waals surface area contributed by atoms with E-state index in [2.05, 4.69) is 33.9 Å². The van der Waals surface area contributed by atoms with Crippen molar-refractivity contribution in [1.29, 1.82) is 0 Å². The fourth-order valence-electron chi connectivity index (χ4n) is 3.53. The van der Waals surface area contributed by atoms with Gasteiger partial charge in [-0.2, -0.15) is 0 Å². The number of nitrogens with two attached hydrogens (primary N) is 2. The first-order valence-electron chi connectivity index (χ1n) is 14.1. The molecule has 0 aliphatic heterocycles. The molecule has 0 aliphatic rings. The molecule has 0 amide bonds. The fourth-order valence-corrected chi connectivity index (χ4v) is 6.81. The molecule has 0 fully saturated rings. The second kappa shape index (κ2) is 17.9. The number of carbonyl (C=O) groups excluding carboxylic acids is 2. The summed E-state index contributed by atoms with van der Waals surface area (Å²) in [5.74, 6) is -1.61. The summed E-state index contributed by atoms with van der Waals surface area (Å²) in [6, 6.07) is 16.4. The lowest BCUT2D eigenvalue weighted by Crippen LogP contribution is -2.43. The van der Waals surface area contributed by atoms with Crippen LogP contribution in [0.1, 0.15) is 54.5 Å². The van der Waals surface area contributed by atoms with Crippen LogP contribution in [0.3, 0.4) is 0 Å². The fraction of sp³-hybridized carbons (Fsp3) is 0.212. The molecule has 18 heteroatoms. The first-order chi connectivity index (χ1) is 22.7. The minimum absolute atomic E-state index is 0. The average Bonchev–Trinajstić information content (AvgIpc) is 2.96. The highest BCUT2D eigenvalue weighted by atomic mass is 35.5. The van der Waals surface area contributed by atoms with Gasteiger partial charge in [0.25, 0.3) is 5.24 Å². The second-order valence-corrected chi connectivity index (χ2v) is 20.9. The van der Waals surface area contributed by atoms with E-state index in [9.17, 15) is 35.2 Å². The van der Waals surface area contributed by atoms with Crippen molar-refractivity contribution >= 4 is 74.2 Å². The van der Waals surface area contributed by atoms with Gasteiger partial charge in [0.15, 0.2) is 5.78 Å². The Morgan fingerprint density at radius 2 is 1.27 bits per heavy atom. The van der Waals surface area contributed by atoms with Crippen molar-refractivity contribution in [2.75, 3.05) is 0 Å². The van der Waals surface area contributed by atoms with Crippen LogP contribution >= 0.6 is 34.8 Å². The molecule has 0 aromatic heterocycles. The summed E-state index contributed by atoms with van der Waals surface area (Å²) in [6.07, 6.45) is 0. The van der Waals surface area contributed by atoms with Gasteiger partial charge >= 0.3 is 0 Å². The standard InChI is InChI=1S/C13H9ClFNO4S.C12H19FOSi.C7H5Cl2NO3S.CH4/c14-10-4-1-7(5-12(10)21(16,19)20)13(18)9-3-2-8(17)6-11(9)15;1-12(2,3)15(4,5)14-11-8-6-7-10(13)9-11;8-5-2-1-4(7(9)11)3-6(5)14(10,12)13;/h1-6,17H,(H2,16,19,20);6-9H,1-5H3;1-3H,(H2,10,12,13);1H4. The summed E-state index contributed by atoms with van der Waals surface area (Å²) >= 11 is 16.4. The second-order valence-electron chi connectivity index (χ2n) is 12.0. The number of aromatic hydroxyl groups is 1. The maximum absolute atomic E-state index is 13.7. The maximum Gasteiger partial charge on any atom is 0.252 e. The van der Waals surface area contributed by atoms with Crippen LogP contribution in [0.4, 0.5) is 8.78 Å². The van der Waals surface area contributed by atoms with Gasteiger partial charge in [-0.1, -0.05) is 57.5 Å². The van der Waals surface area contributed by atoms with E-state index in [0.717, 1.165) is 30.3 Å². The predicted molar refractivity (Wildman–Crippen MR) is 198 cm³/mol. The first-order valence-corrected chi connectivity index (χ1v) is 21.2. The lowest BCUT2D eigenvalue weighted by atomic mass is 10.0. The number of ketones is 1. The molecule has 278 valence electrons. The Morgan fingerprint density at radius 3 is 1.71 bits per heavy atom. The van der Waals surface area contributed by atoms with Gasteiger partial charge in [0, 0.05) is 23.3 Å². The Bertz CT molecular complexity index is 2130. The molecule has 51 heavy (non-hydrogen) atoms. The molecule has 0 unspecified atom stereocenters. The van der Waals surface area contributed by atoms with Gasteiger partial charge in [-0.15, -0.1) is 0 Å². The topological polar surface area (TPSA) is 184 Å². The number of halogens is 5. The summed E-state index contributed by atoms with van der Waals surface area (Å²) in [5, 5.41) is 18.1. The van der Waals surface area contributed by atoms with E-state index in [1.54, 1.807) is 6.07 Å². The molecular weight excluding hydrogens is 789 g/mol. The van der Waals surface area contributed by atoms with Crippen molar-refractivity contribution in [2.24, 2.45) is 10.3 Å². The smallest absolute Gasteiger partial charge is 0.252 e. The zero-order valence-electron chi connectivity index (χ0n) is 27.2. The van der Waals surface area contributed by atoms with E-state index >= 15 is 0 Å². The van der Waals surface area contributed by atoms with Crippen LogP contribution in [-0.4, -0.2) is 41.3 Å². The van der Waals surface area contributed by atoms with Crippen molar-refractivity contribution < 1.29 is 44.7 Å². The van der Waals surface area contributed by atoms with Gasteiger partial charge < -0.3 is 9.53 Å². The van der Waals surface area contributed by atoms with E-state index in [0.29, 0.717) is 5.75 Å². The molecule has 4 aromatic carbocycles. The number of hydrogen-bond donors (Lipinski definition) is 3. The lowest BCUT2D eigenvalue weighted by Gasteiger charge is -2.36. The zero-order chi connectivity index (χ0) is 38.4. The quantitative estimate of drug-likeness (QED) is 0.0945. The third-order valence-electron chi connectivity index (χ3n) is 7.14. The summed E-state index contributed by atoms with van der Waals surface area (Å²) < 4.78 is 77.2. The molecule has 10 nitrogen and oxygen atoms in total. The van der Waals surface area contributed by atoms with Crippen molar-refractivity contribution in [1.82, 2.24) is 0 Å². The zero-order valence-corrected chi connectivity index (χ0v) is 32.1. The van der Waals surface area contributed by atoms with Gasteiger partial charge in [-0.05, 0) is 90.4 Å². The summed E-state index contributed by atoms with van der Waals surface area (Å²) in [7, 11) is -9.87. The number of rotatable bonds is 7. The van der Waals surface area contributed by atoms with Gasteiger partial charge in [-0.3, -0.25) is 9.59 Å². The van der Waals surface area contributed by atoms with Crippen LogP contribution < -0.4 is 14.7 Å². The highest BCUT2D eigenvalue weighted by molar-refractivity contribution is 7.89. The Balaban J connectivity index is 0.000000390. The van der Waals surface area contributed by atoms with Crippen molar-refractivity contribution in [2.45, 2.75) is 56.1 Å². The Labute approximate surface area is 312 Å². The maximum atomic E-state index is 13.7. The van der Waals surface area contributed by atoms with Gasteiger partial charge in [0.2, 0.25) is 28.4 Å². The molecule has 0 atom stereocenters. The van der Waals surface area contributed by atoms with Crippen LogP contribution in [0, 0.1) is 11.6 Å². The minimum atomic E-state index is -4.11. The summed E-state index contributed by atoms with van der Waals surface area (Å²) in [6.45, 7) is 10.8. The van der Waals surface area contributed by atoms with Gasteiger partial charge in [0.1, 0.15) is 32.9 Å². The van der Waals surface area contributed by atoms with Crippen molar-refractivity contribution in [3.8, 4) is 11.5 Å². The number of carbonyl (C=O) groups is 2. The van der Waals surface area contributed by atoms with Crippen LogP contribution in [0.25, 0.3) is 0 Å². The van der Waals surface area contributed by atoms with Gasteiger partial charge in [-0.25, -0.2) is 35.9 Å². The molecule has 0 heterocycles. The molecule has 5 N–H and O–H groups in total. The molecule has 0 spiro atoms. The summed E-state index contributed by atoms with van der Waals surface area (Å²) in [5.41, 5.74) is -0.372. The minimum Gasteiger partial charge on any atom is -0.543 e. The predicted octanol–water partition coefficient (Wildman–Crippen LogP) is 8.28. The third kappa shape index (κ3) is 13.3.